The van der Waals surface area contributed by atoms with Gasteiger partial charge in [-0.15, -0.1) is 0 Å². The van der Waals surface area contributed by atoms with Gasteiger partial charge in [-0.2, -0.15) is 0 Å². The number of pyridine rings is 1. The number of amides is 1. The molecule has 0 atom stereocenters. The van der Waals surface area contributed by atoms with E-state index in [2.05, 4.69) is 4.98 Å². The Hall–Kier alpha value is -2.43. The standard InChI is InChI=1S/C18H21FN2O2/c1-5-21(17(22)23-18(2,3)4)16-12-14(9-10-20-16)13-7-6-8-15(19)11-13/h6-12H,5H2,1-4H3. The Balaban J connectivity index is 2.32. The van der Waals surface area contributed by atoms with Gasteiger partial charge in [0.1, 0.15) is 17.2 Å². The lowest BCUT2D eigenvalue weighted by Gasteiger charge is -2.26. The maximum atomic E-state index is 13.4. The molecule has 0 unspecified atom stereocenters. The summed E-state index contributed by atoms with van der Waals surface area (Å²) >= 11 is 0. The van der Waals surface area contributed by atoms with E-state index in [1.165, 1.54) is 17.0 Å². The molecule has 0 bridgehead atoms. The van der Waals surface area contributed by atoms with E-state index in [0.29, 0.717) is 12.4 Å². The maximum absolute atomic E-state index is 13.4. The summed E-state index contributed by atoms with van der Waals surface area (Å²) in [5.41, 5.74) is 0.940. The van der Waals surface area contributed by atoms with Crippen molar-refractivity contribution in [3.05, 3.63) is 48.4 Å². The Morgan fingerprint density at radius 1 is 1.22 bits per heavy atom. The quantitative estimate of drug-likeness (QED) is 0.828. The van der Waals surface area contributed by atoms with Gasteiger partial charge < -0.3 is 4.74 Å². The van der Waals surface area contributed by atoms with Crippen LogP contribution in [0, 0.1) is 5.82 Å². The van der Waals surface area contributed by atoms with Gasteiger partial charge in [-0.1, -0.05) is 12.1 Å². The average molecular weight is 316 g/mol. The predicted molar refractivity (Wildman–Crippen MR) is 88.9 cm³/mol. The number of carbonyl (C=O) groups is 1. The SMILES string of the molecule is CCN(C(=O)OC(C)(C)C)c1cc(-c2cccc(F)c2)ccn1. The summed E-state index contributed by atoms with van der Waals surface area (Å²) < 4.78 is 18.8. The molecule has 1 aromatic heterocycles. The van der Waals surface area contributed by atoms with Crippen molar-refractivity contribution >= 4 is 11.9 Å². The third-order valence-electron chi connectivity index (χ3n) is 3.11. The van der Waals surface area contributed by atoms with Gasteiger partial charge >= 0.3 is 6.09 Å². The van der Waals surface area contributed by atoms with Crippen LogP contribution in [0.15, 0.2) is 42.6 Å². The molecule has 0 saturated heterocycles. The van der Waals surface area contributed by atoms with Crippen molar-refractivity contribution in [1.29, 1.82) is 0 Å². The smallest absolute Gasteiger partial charge is 0.415 e. The van der Waals surface area contributed by atoms with Crippen LogP contribution < -0.4 is 4.90 Å². The Bertz CT molecular complexity index is 695. The van der Waals surface area contributed by atoms with Crippen LogP contribution >= 0.6 is 0 Å². The van der Waals surface area contributed by atoms with Crippen molar-refractivity contribution < 1.29 is 13.9 Å². The molecule has 0 aliphatic rings. The van der Waals surface area contributed by atoms with Crippen molar-refractivity contribution in [2.75, 3.05) is 11.4 Å². The average Bonchev–Trinajstić information content (AvgIpc) is 2.46. The summed E-state index contributed by atoms with van der Waals surface area (Å²) in [6.07, 6.45) is 1.15. The number of benzene rings is 1. The molecule has 2 rings (SSSR count). The second-order valence-electron chi connectivity index (χ2n) is 6.14. The first-order valence-corrected chi connectivity index (χ1v) is 7.52. The number of carbonyl (C=O) groups excluding carboxylic acids is 1. The van der Waals surface area contributed by atoms with Crippen LogP contribution in [0.1, 0.15) is 27.7 Å². The minimum Gasteiger partial charge on any atom is -0.443 e. The number of ether oxygens (including phenoxy) is 1. The molecule has 1 amide bonds. The molecule has 5 heteroatoms. The fourth-order valence-corrected chi connectivity index (χ4v) is 2.12. The normalized spacial score (nSPS) is 11.2. The summed E-state index contributed by atoms with van der Waals surface area (Å²) in [5.74, 6) is 0.170. The summed E-state index contributed by atoms with van der Waals surface area (Å²) in [5, 5.41) is 0. The van der Waals surface area contributed by atoms with Crippen LogP contribution in [0.25, 0.3) is 11.1 Å². The number of aromatic nitrogens is 1. The molecule has 0 radical (unpaired) electrons. The first-order valence-electron chi connectivity index (χ1n) is 7.52. The van der Waals surface area contributed by atoms with Gasteiger partial charge in [-0.05, 0) is 63.1 Å². The number of hydrogen-bond acceptors (Lipinski definition) is 3. The van der Waals surface area contributed by atoms with Crippen LogP contribution in [0.3, 0.4) is 0 Å². The van der Waals surface area contributed by atoms with E-state index in [0.717, 1.165) is 11.1 Å². The van der Waals surface area contributed by atoms with Gasteiger partial charge in [-0.3, -0.25) is 4.90 Å². The molecule has 0 aliphatic heterocycles. The van der Waals surface area contributed by atoms with E-state index in [9.17, 15) is 9.18 Å². The molecule has 2 aromatic rings. The highest BCUT2D eigenvalue weighted by atomic mass is 19.1. The van der Waals surface area contributed by atoms with Crippen molar-refractivity contribution in [3.63, 3.8) is 0 Å². The minimum absolute atomic E-state index is 0.305. The highest BCUT2D eigenvalue weighted by Crippen LogP contribution is 2.24. The molecule has 0 N–H and O–H groups in total. The van der Waals surface area contributed by atoms with Crippen LogP contribution in [-0.4, -0.2) is 23.2 Å². The van der Waals surface area contributed by atoms with Crippen molar-refractivity contribution in [2.24, 2.45) is 0 Å². The van der Waals surface area contributed by atoms with Crippen LogP contribution in [0.4, 0.5) is 15.0 Å². The third-order valence-corrected chi connectivity index (χ3v) is 3.11. The van der Waals surface area contributed by atoms with E-state index in [4.69, 9.17) is 4.74 Å². The fraction of sp³-hybridized carbons (Fsp3) is 0.333. The molecular weight excluding hydrogens is 295 g/mol. The van der Waals surface area contributed by atoms with Crippen LogP contribution in [0.2, 0.25) is 0 Å². The highest BCUT2D eigenvalue weighted by Gasteiger charge is 2.23. The lowest BCUT2D eigenvalue weighted by Crippen LogP contribution is -2.37. The molecule has 1 aromatic carbocycles. The second-order valence-corrected chi connectivity index (χ2v) is 6.14. The zero-order valence-electron chi connectivity index (χ0n) is 13.8. The minimum atomic E-state index is -0.579. The second kappa shape index (κ2) is 6.77. The highest BCUT2D eigenvalue weighted by molar-refractivity contribution is 5.87. The van der Waals surface area contributed by atoms with E-state index in [-0.39, 0.29) is 5.82 Å². The third kappa shape index (κ3) is 4.52. The molecule has 122 valence electrons. The topological polar surface area (TPSA) is 42.4 Å². The Morgan fingerprint density at radius 3 is 2.52 bits per heavy atom. The van der Waals surface area contributed by atoms with Gasteiger partial charge in [0, 0.05) is 12.7 Å². The van der Waals surface area contributed by atoms with Crippen LogP contribution in [0.5, 0.6) is 0 Å². The number of rotatable bonds is 3. The van der Waals surface area contributed by atoms with Gasteiger partial charge in [0.15, 0.2) is 0 Å². The van der Waals surface area contributed by atoms with Crippen LogP contribution in [-0.2, 0) is 4.74 Å². The largest absolute Gasteiger partial charge is 0.443 e. The van der Waals surface area contributed by atoms with Gasteiger partial charge in [0.2, 0.25) is 0 Å². The van der Waals surface area contributed by atoms with Crippen molar-refractivity contribution in [1.82, 2.24) is 4.98 Å². The monoisotopic (exact) mass is 316 g/mol. The van der Waals surface area contributed by atoms with Gasteiger partial charge in [0.05, 0.1) is 0 Å². The summed E-state index contributed by atoms with van der Waals surface area (Å²) in [6, 6.07) is 9.83. The lowest BCUT2D eigenvalue weighted by atomic mass is 10.1. The number of anilines is 1. The van der Waals surface area contributed by atoms with Crippen molar-refractivity contribution in [3.8, 4) is 11.1 Å². The Labute approximate surface area is 135 Å². The van der Waals surface area contributed by atoms with E-state index in [1.807, 2.05) is 33.8 Å². The van der Waals surface area contributed by atoms with E-state index < -0.39 is 11.7 Å². The van der Waals surface area contributed by atoms with Gasteiger partial charge in [0.25, 0.3) is 0 Å². The number of halogens is 1. The van der Waals surface area contributed by atoms with E-state index >= 15 is 0 Å². The number of nitrogens with zero attached hydrogens (tertiary/aromatic N) is 2. The fourth-order valence-electron chi connectivity index (χ4n) is 2.12. The molecule has 0 aliphatic carbocycles. The number of hydrogen-bond donors (Lipinski definition) is 0. The summed E-state index contributed by atoms with van der Waals surface area (Å²) in [6.45, 7) is 7.72. The molecule has 0 saturated carbocycles. The van der Waals surface area contributed by atoms with E-state index in [1.54, 1.807) is 24.4 Å². The van der Waals surface area contributed by atoms with Crippen molar-refractivity contribution in [2.45, 2.75) is 33.3 Å². The molecule has 4 nitrogen and oxygen atoms in total. The zero-order valence-corrected chi connectivity index (χ0v) is 13.8. The molecule has 23 heavy (non-hydrogen) atoms. The first-order chi connectivity index (χ1) is 10.8. The Kier molecular flexibility index (Phi) is 4.98. The summed E-state index contributed by atoms with van der Waals surface area (Å²) in [7, 11) is 0. The molecule has 0 spiro atoms. The molecular formula is C18H21FN2O2. The first kappa shape index (κ1) is 16.9. The van der Waals surface area contributed by atoms with Gasteiger partial charge in [-0.25, -0.2) is 14.2 Å². The lowest BCUT2D eigenvalue weighted by molar-refractivity contribution is 0.0581. The molecule has 0 fully saturated rings. The maximum Gasteiger partial charge on any atom is 0.415 e. The molecule has 1 heterocycles. The summed E-state index contributed by atoms with van der Waals surface area (Å²) in [4.78, 5) is 18.0. The zero-order chi connectivity index (χ0) is 17.0. The predicted octanol–water partition coefficient (Wildman–Crippen LogP) is 4.65. The Morgan fingerprint density at radius 2 is 1.91 bits per heavy atom.